The van der Waals surface area contributed by atoms with E-state index in [-0.39, 0.29) is 11.8 Å². The van der Waals surface area contributed by atoms with E-state index in [2.05, 4.69) is 10.6 Å². The Labute approximate surface area is 207 Å². The second-order valence-electron chi connectivity index (χ2n) is 8.42. The van der Waals surface area contributed by atoms with Gasteiger partial charge in [0.05, 0.1) is 28.7 Å². The molecule has 1 aliphatic carbocycles. The number of allylic oxidation sites excluding steroid dienone is 2. The highest BCUT2D eigenvalue weighted by Crippen LogP contribution is 2.35. The molecule has 0 heterocycles. The summed E-state index contributed by atoms with van der Waals surface area (Å²) in [5.74, 6) is -2.27. The van der Waals surface area contributed by atoms with Crippen molar-refractivity contribution < 1.29 is 24.2 Å². The van der Waals surface area contributed by atoms with Crippen LogP contribution in [0.5, 0.6) is 5.75 Å². The summed E-state index contributed by atoms with van der Waals surface area (Å²) in [6, 6.07) is 12.2. The van der Waals surface area contributed by atoms with Crippen molar-refractivity contribution >= 4 is 52.5 Å². The zero-order valence-electron chi connectivity index (χ0n) is 19.1. The first-order valence-corrected chi connectivity index (χ1v) is 11.9. The van der Waals surface area contributed by atoms with Gasteiger partial charge in [0.25, 0.3) is 0 Å². The number of aliphatic carboxylic acids is 1. The fourth-order valence-corrected chi connectivity index (χ4v) is 4.85. The first kappa shape index (κ1) is 25.6. The number of hydrogen-bond donors (Lipinski definition) is 3. The van der Waals surface area contributed by atoms with Gasteiger partial charge >= 0.3 is 5.97 Å². The van der Waals surface area contributed by atoms with Gasteiger partial charge in [0.2, 0.25) is 11.8 Å². The first-order chi connectivity index (χ1) is 16.1. The third-order valence-electron chi connectivity index (χ3n) is 5.54. The summed E-state index contributed by atoms with van der Waals surface area (Å²) >= 11 is 7.51. The normalized spacial score (nSPS) is 17.6. The summed E-state index contributed by atoms with van der Waals surface area (Å²) in [5.41, 5.74) is 1.14. The Bertz CT molecular complexity index is 1100. The van der Waals surface area contributed by atoms with Crippen LogP contribution in [0.25, 0.3) is 0 Å². The molecule has 0 radical (unpaired) electrons. The van der Waals surface area contributed by atoms with Gasteiger partial charge in [-0.25, -0.2) is 0 Å². The molecular weight excluding hydrogens is 476 g/mol. The van der Waals surface area contributed by atoms with E-state index in [0.29, 0.717) is 35.0 Å². The summed E-state index contributed by atoms with van der Waals surface area (Å²) in [6.07, 6.45) is 4.40. The Kier molecular flexibility index (Phi) is 8.28. The number of anilines is 2. The van der Waals surface area contributed by atoms with Gasteiger partial charge in [-0.2, -0.15) is 0 Å². The molecule has 2 aromatic carbocycles. The molecule has 0 aromatic heterocycles. The molecule has 2 amide bonds. The predicted octanol–water partition coefficient (Wildman–Crippen LogP) is 5.46. The van der Waals surface area contributed by atoms with Crippen molar-refractivity contribution in [3.63, 3.8) is 0 Å². The Balaban J connectivity index is 1.61. The third-order valence-corrected chi connectivity index (χ3v) is 7.04. The van der Waals surface area contributed by atoms with Gasteiger partial charge in [-0.3, -0.25) is 14.4 Å². The van der Waals surface area contributed by atoms with Crippen LogP contribution in [0.3, 0.4) is 0 Å². The fourth-order valence-electron chi connectivity index (χ4n) is 3.58. The molecule has 0 saturated heterocycles. The molecule has 0 fully saturated rings. The molecule has 2 atom stereocenters. The molecular formula is C25H27ClN2O5S. The van der Waals surface area contributed by atoms with E-state index in [1.54, 1.807) is 36.4 Å². The molecule has 7 nitrogen and oxygen atoms in total. The lowest BCUT2D eigenvalue weighted by atomic mass is 9.82. The number of halogens is 1. The molecule has 0 spiro atoms. The zero-order valence-corrected chi connectivity index (χ0v) is 20.7. The fraction of sp³-hybridized carbons (Fsp3) is 0.320. The summed E-state index contributed by atoms with van der Waals surface area (Å²) in [4.78, 5) is 37.8. The second-order valence-corrected chi connectivity index (χ2v) is 10.5. The second kappa shape index (κ2) is 11.0. The lowest BCUT2D eigenvalue weighted by Crippen LogP contribution is -2.34. The molecule has 3 rings (SSSR count). The number of thioether (sulfide) groups is 1. The van der Waals surface area contributed by atoms with Gasteiger partial charge in [0, 0.05) is 16.3 Å². The molecule has 0 saturated carbocycles. The predicted molar refractivity (Wildman–Crippen MR) is 135 cm³/mol. The van der Waals surface area contributed by atoms with Crippen LogP contribution in [0.2, 0.25) is 5.02 Å². The molecule has 3 N–H and O–H groups in total. The summed E-state index contributed by atoms with van der Waals surface area (Å²) in [6.45, 7) is 3.63. The van der Waals surface area contributed by atoms with Gasteiger partial charge in [-0.05, 0) is 69.2 Å². The van der Waals surface area contributed by atoms with Crippen molar-refractivity contribution in [2.75, 3.05) is 17.7 Å². The summed E-state index contributed by atoms with van der Waals surface area (Å²) < 4.78 is 4.34. The van der Waals surface area contributed by atoms with Crippen molar-refractivity contribution in [3.05, 3.63) is 59.6 Å². The number of carboxylic acid groups (broad SMARTS) is 1. The monoisotopic (exact) mass is 502 g/mol. The highest BCUT2D eigenvalue weighted by Gasteiger charge is 2.34. The minimum Gasteiger partial charge on any atom is -0.495 e. The average Bonchev–Trinajstić information content (AvgIpc) is 2.80. The quantitative estimate of drug-likeness (QED) is 0.327. The van der Waals surface area contributed by atoms with Crippen LogP contribution < -0.4 is 15.4 Å². The van der Waals surface area contributed by atoms with Crippen LogP contribution in [-0.2, 0) is 14.4 Å². The van der Waals surface area contributed by atoms with Crippen molar-refractivity contribution in [2.24, 2.45) is 11.8 Å². The van der Waals surface area contributed by atoms with Crippen LogP contribution in [0.1, 0.15) is 26.7 Å². The first-order valence-electron chi connectivity index (χ1n) is 10.7. The van der Waals surface area contributed by atoms with Crippen molar-refractivity contribution in [3.8, 4) is 5.75 Å². The maximum Gasteiger partial charge on any atom is 0.307 e. The molecule has 180 valence electrons. The summed E-state index contributed by atoms with van der Waals surface area (Å²) in [5, 5.41) is 15.5. The Hall–Kier alpha value is -2.97. The Morgan fingerprint density at radius 3 is 2.21 bits per heavy atom. The van der Waals surface area contributed by atoms with Gasteiger partial charge < -0.3 is 20.5 Å². The van der Waals surface area contributed by atoms with E-state index < -0.39 is 22.6 Å². The van der Waals surface area contributed by atoms with E-state index in [9.17, 15) is 19.5 Å². The highest BCUT2D eigenvalue weighted by molar-refractivity contribution is 8.01. The maximum atomic E-state index is 12.9. The van der Waals surface area contributed by atoms with E-state index in [0.717, 1.165) is 4.90 Å². The molecule has 2 unspecified atom stereocenters. The minimum absolute atomic E-state index is 0.193. The molecule has 0 bridgehead atoms. The molecule has 0 aliphatic heterocycles. The van der Waals surface area contributed by atoms with Crippen molar-refractivity contribution in [1.82, 2.24) is 0 Å². The number of amides is 2. The van der Waals surface area contributed by atoms with Crippen LogP contribution in [0.15, 0.2) is 59.5 Å². The standard InChI is InChI=1S/C25H27ClN2O5S/c1-25(2,24(32)28-16-10-13-21(33-3)20(26)14-16)34-17-11-8-15(9-12-17)27-22(29)18-6-4-5-7-19(18)23(30)31/h4-5,8-14,18-19H,6-7H2,1-3H3,(H,27,29)(H,28,32)(H,30,31). The van der Waals surface area contributed by atoms with E-state index >= 15 is 0 Å². The van der Waals surface area contributed by atoms with Gasteiger partial charge in [0.1, 0.15) is 5.75 Å². The number of methoxy groups -OCH3 is 1. The topological polar surface area (TPSA) is 105 Å². The average molecular weight is 503 g/mol. The number of carbonyl (C=O) groups excluding carboxylic acids is 2. The van der Waals surface area contributed by atoms with Gasteiger partial charge in [0.15, 0.2) is 0 Å². The van der Waals surface area contributed by atoms with Crippen molar-refractivity contribution in [2.45, 2.75) is 36.3 Å². The number of carbonyl (C=O) groups is 3. The number of ether oxygens (including phenoxy) is 1. The maximum absolute atomic E-state index is 12.9. The zero-order chi connectivity index (χ0) is 24.9. The SMILES string of the molecule is COc1ccc(NC(=O)C(C)(C)Sc2ccc(NC(=O)C3CC=CCC3C(=O)O)cc2)cc1Cl. The van der Waals surface area contributed by atoms with Crippen LogP contribution in [0, 0.1) is 11.8 Å². The third kappa shape index (κ3) is 6.33. The molecule has 9 heteroatoms. The number of hydrogen-bond acceptors (Lipinski definition) is 5. The largest absolute Gasteiger partial charge is 0.495 e. The van der Waals surface area contributed by atoms with E-state index in [1.165, 1.54) is 18.9 Å². The molecule has 1 aliphatic rings. The smallest absolute Gasteiger partial charge is 0.307 e. The van der Waals surface area contributed by atoms with Crippen LogP contribution in [0.4, 0.5) is 11.4 Å². The van der Waals surface area contributed by atoms with Gasteiger partial charge in [-0.1, -0.05) is 23.8 Å². The molecule has 2 aromatic rings. The number of carboxylic acids is 1. The molecule has 34 heavy (non-hydrogen) atoms. The van der Waals surface area contributed by atoms with Crippen molar-refractivity contribution in [1.29, 1.82) is 0 Å². The van der Waals surface area contributed by atoms with E-state index in [4.69, 9.17) is 16.3 Å². The Morgan fingerprint density at radius 1 is 1.00 bits per heavy atom. The van der Waals surface area contributed by atoms with Crippen LogP contribution >= 0.6 is 23.4 Å². The van der Waals surface area contributed by atoms with Gasteiger partial charge in [-0.15, -0.1) is 11.8 Å². The van der Waals surface area contributed by atoms with E-state index in [1.807, 2.05) is 32.1 Å². The minimum atomic E-state index is -0.964. The number of nitrogens with one attached hydrogen (secondary N) is 2. The van der Waals surface area contributed by atoms with Crippen LogP contribution in [-0.4, -0.2) is 34.7 Å². The number of rotatable bonds is 8. The lowest BCUT2D eigenvalue weighted by molar-refractivity contribution is -0.146. The lowest BCUT2D eigenvalue weighted by Gasteiger charge is -2.24. The Morgan fingerprint density at radius 2 is 1.62 bits per heavy atom. The summed E-state index contributed by atoms with van der Waals surface area (Å²) in [7, 11) is 1.52. The number of benzene rings is 2. The highest BCUT2D eigenvalue weighted by atomic mass is 35.5.